The zero-order chi connectivity index (χ0) is 14.9. The van der Waals surface area contributed by atoms with Crippen molar-refractivity contribution >= 4 is 27.3 Å². The van der Waals surface area contributed by atoms with Gasteiger partial charge in [-0.15, -0.1) is 0 Å². The summed E-state index contributed by atoms with van der Waals surface area (Å²) in [6, 6.07) is 2.95. The fourth-order valence-corrected chi connectivity index (χ4v) is 2.98. The second-order valence-corrected chi connectivity index (χ2v) is 6.05. The summed E-state index contributed by atoms with van der Waals surface area (Å²) in [5.41, 5.74) is -0.419. The molecule has 0 bridgehead atoms. The van der Waals surface area contributed by atoms with Crippen LogP contribution in [0.15, 0.2) is 35.5 Å². The molecule has 4 nitrogen and oxygen atoms in total. The molecular weight excluding hydrogens is 310 g/mol. The van der Waals surface area contributed by atoms with Gasteiger partial charge in [-0.25, -0.2) is 17.2 Å². The summed E-state index contributed by atoms with van der Waals surface area (Å²) in [4.78, 5) is 3.32. The van der Waals surface area contributed by atoms with Crippen LogP contribution in [0, 0.1) is 18.6 Å². The van der Waals surface area contributed by atoms with E-state index in [-0.39, 0.29) is 15.5 Å². The van der Waals surface area contributed by atoms with Crippen LogP contribution in [0.3, 0.4) is 0 Å². The summed E-state index contributed by atoms with van der Waals surface area (Å²) >= 11 is 5.74. The maximum atomic E-state index is 13.6. The van der Waals surface area contributed by atoms with E-state index in [4.69, 9.17) is 11.6 Å². The lowest BCUT2D eigenvalue weighted by atomic mass is 10.2. The van der Waals surface area contributed by atoms with Crippen molar-refractivity contribution in [3.05, 3.63) is 52.8 Å². The number of hydrogen-bond donors (Lipinski definition) is 1. The number of benzene rings is 1. The average Bonchev–Trinajstić information content (AvgIpc) is 2.36. The highest BCUT2D eigenvalue weighted by Gasteiger charge is 2.20. The molecule has 0 radical (unpaired) electrons. The normalized spacial score (nSPS) is 11.4. The first kappa shape index (κ1) is 14.7. The molecule has 1 heterocycles. The Kier molecular flexibility index (Phi) is 3.92. The number of hydrogen-bond acceptors (Lipinski definition) is 3. The molecule has 1 aromatic carbocycles. The lowest BCUT2D eigenvalue weighted by Gasteiger charge is -2.10. The van der Waals surface area contributed by atoms with Crippen LogP contribution in [-0.4, -0.2) is 13.4 Å². The minimum atomic E-state index is -4.15. The van der Waals surface area contributed by atoms with Gasteiger partial charge < -0.3 is 0 Å². The van der Waals surface area contributed by atoms with Crippen LogP contribution < -0.4 is 4.72 Å². The van der Waals surface area contributed by atoms with Gasteiger partial charge in [-0.3, -0.25) is 9.71 Å². The first-order chi connectivity index (χ1) is 9.31. The van der Waals surface area contributed by atoms with Crippen LogP contribution in [0.4, 0.5) is 14.5 Å². The van der Waals surface area contributed by atoms with Crippen molar-refractivity contribution in [2.75, 3.05) is 4.72 Å². The SMILES string of the molecule is Cc1cc(F)c(NS(=O)(=O)c2cnccc2Cl)cc1F. The molecule has 1 N–H and O–H groups in total. The van der Waals surface area contributed by atoms with Crippen molar-refractivity contribution in [2.24, 2.45) is 0 Å². The maximum absolute atomic E-state index is 13.6. The van der Waals surface area contributed by atoms with Crippen LogP contribution >= 0.6 is 11.6 Å². The van der Waals surface area contributed by atoms with Crippen LogP contribution in [-0.2, 0) is 10.0 Å². The molecule has 0 aliphatic heterocycles. The van der Waals surface area contributed by atoms with Gasteiger partial charge in [0.1, 0.15) is 16.5 Å². The zero-order valence-corrected chi connectivity index (χ0v) is 11.8. The molecule has 0 saturated heterocycles. The van der Waals surface area contributed by atoms with Gasteiger partial charge in [-0.05, 0) is 24.6 Å². The summed E-state index contributed by atoms with van der Waals surface area (Å²) in [5.74, 6) is -1.60. The molecule has 106 valence electrons. The number of anilines is 1. The molecule has 8 heteroatoms. The molecule has 0 atom stereocenters. The summed E-state index contributed by atoms with van der Waals surface area (Å²) in [6.45, 7) is 1.37. The van der Waals surface area contributed by atoms with Crippen LogP contribution in [0.2, 0.25) is 5.02 Å². The molecule has 0 amide bonds. The second-order valence-electron chi connectivity index (χ2n) is 3.99. The highest BCUT2D eigenvalue weighted by atomic mass is 35.5. The van der Waals surface area contributed by atoms with Crippen molar-refractivity contribution in [2.45, 2.75) is 11.8 Å². The Morgan fingerprint density at radius 1 is 1.25 bits per heavy atom. The highest BCUT2D eigenvalue weighted by Crippen LogP contribution is 2.25. The van der Waals surface area contributed by atoms with Crippen molar-refractivity contribution in [3.63, 3.8) is 0 Å². The third kappa shape index (κ3) is 2.88. The van der Waals surface area contributed by atoms with E-state index in [1.54, 1.807) is 0 Å². The Morgan fingerprint density at radius 3 is 2.60 bits per heavy atom. The average molecular weight is 319 g/mol. The minimum Gasteiger partial charge on any atom is -0.276 e. The van der Waals surface area contributed by atoms with Crippen molar-refractivity contribution in [1.82, 2.24) is 4.98 Å². The fourth-order valence-electron chi connectivity index (χ4n) is 1.48. The minimum absolute atomic E-state index is 0.0690. The molecular formula is C12H9ClF2N2O2S. The van der Waals surface area contributed by atoms with Gasteiger partial charge in [-0.2, -0.15) is 0 Å². The Balaban J connectivity index is 2.44. The second kappa shape index (κ2) is 5.34. The van der Waals surface area contributed by atoms with Gasteiger partial charge in [0.2, 0.25) is 0 Å². The largest absolute Gasteiger partial charge is 0.276 e. The van der Waals surface area contributed by atoms with E-state index in [1.807, 2.05) is 4.72 Å². The van der Waals surface area contributed by atoms with Gasteiger partial charge in [-0.1, -0.05) is 11.6 Å². The van der Waals surface area contributed by atoms with Crippen molar-refractivity contribution < 1.29 is 17.2 Å². The number of nitrogens with one attached hydrogen (secondary N) is 1. The summed E-state index contributed by atoms with van der Waals surface area (Å²) in [5, 5.41) is -0.0690. The van der Waals surface area contributed by atoms with Gasteiger partial charge in [0.25, 0.3) is 10.0 Å². The summed E-state index contributed by atoms with van der Waals surface area (Å²) < 4.78 is 53.0. The summed E-state index contributed by atoms with van der Waals surface area (Å²) in [6.07, 6.45) is 2.33. The fraction of sp³-hybridized carbons (Fsp3) is 0.0833. The quantitative estimate of drug-likeness (QED) is 0.946. The number of sulfonamides is 1. The Morgan fingerprint density at radius 2 is 1.95 bits per heavy atom. The van der Waals surface area contributed by atoms with E-state index in [0.29, 0.717) is 0 Å². The number of aryl methyl sites for hydroxylation is 1. The molecule has 0 aliphatic carbocycles. The van der Waals surface area contributed by atoms with E-state index >= 15 is 0 Å². The predicted octanol–water partition coefficient (Wildman–Crippen LogP) is 3.12. The van der Waals surface area contributed by atoms with Crippen LogP contribution in [0.5, 0.6) is 0 Å². The summed E-state index contributed by atoms with van der Waals surface area (Å²) in [7, 11) is -4.15. The smallest absolute Gasteiger partial charge is 0.265 e. The molecule has 0 fully saturated rings. The molecule has 1 aromatic heterocycles. The van der Waals surface area contributed by atoms with Crippen LogP contribution in [0.25, 0.3) is 0 Å². The monoisotopic (exact) mass is 318 g/mol. The van der Waals surface area contributed by atoms with E-state index < -0.39 is 27.3 Å². The lowest BCUT2D eigenvalue weighted by molar-refractivity contribution is 0.590. The third-order valence-electron chi connectivity index (χ3n) is 2.52. The lowest BCUT2D eigenvalue weighted by Crippen LogP contribution is -2.15. The molecule has 20 heavy (non-hydrogen) atoms. The van der Waals surface area contributed by atoms with Gasteiger partial charge >= 0.3 is 0 Å². The maximum Gasteiger partial charge on any atom is 0.265 e. The van der Waals surface area contributed by atoms with E-state index in [0.717, 1.165) is 18.3 Å². The molecule has 2 rings (SSSR count). The number of aromatic nitrogens is 1. The van der Waals surface area contributed by atoms with Crippen molar-refractivity contribution in [3.8, 4) is 0 Å². The van der Waals surface area contributed by atoms with E-state index in [1.165, 1.54) is 19.2 Å². The topological polar surface area (TPSA) is 59.1 Å². The van der Waals surface area contributed by atoms with Crippen LogP contribution in [0.1, 0.15) is 5.56 Å². The molecule has 0 unspecified atom stereocenters. The number of halogens is 3. The molecule has 0 spiro atoms. The molecule has 0 aliphatic rings. The van der Waals surface area contributed by atoms with E-state index in [9.17, 15) is 17.2 Å². The zero-order valence-electron chi connectivity index (χ0n) is 10.2. The standard InChI is InChI=1S/C12H9ClF2N2O2S/c1-7-4-10(15)11(5-9(7)14)17-20(18,19)12-6-16-3-2-8(12)13/h2-6,17H,1H3. The molecule has 0 saturated carbocycles. The number of rotatable bonds is 3. The number of pyridine rings is 1. The third-order valence-corrected chi connectivity index (χ3v) is 4.35. The van der Waals surface area contributed by atoms with Gasteiger partial charge in [0.15, 0.2) is 0 Å². The Labute approximate surface area is 119 Å². The molecule has 2 aromatic rings. The number of nitrogens with zero attached hydrogens (tertiary/aromatic N) is 1. The predicted molar refractivity (Wildman–Crippen MR) is 71.2 cm³/mol. The first-order valence-corrected chi connectivity index (χ1v) is 7.25. The highest BCUT2D eigenvalue weighted by molar-refractivity contribution is 7.92. The Hall–Kier alpha value is -1.73. The Bertz CT molecular complexity index is 766. The van der Waals surface area contributed by atoms with Gasteiger partial charge in [0, 0.05) is 18.5 Å². The first-order valence-electron chi connectivity index (χ1n) is 5.39. The van der Waals surface area contributed by atoms with Gasteiger partial charge in [0.05, 0.1) is 10.7 Å². The van der Waals surface area contributed by atoms with Crippen molar-refractivity contribution in [1.29, 1.82) is 0 Å². The van der Waals surface area contributed by atoms with E-state index in [2.05, 4.69) is 4.98 Å².